The molecule has 0 aromatic carbocycles. The molecule has 16 heavy (non-hydrogen) atoms. The van der Waals surface area contributed by atoms with E-state index in [-0.39, 0.29) is 23.0 Å². The summed E-state index contributed by atoms with van der Waals surface area (Å²) in [6, 6.07) is 5.32. The number of thiophene rings is 1. The number of hydrogen-bond acceptors (Lipinski definition) is 4. The number of Topliss-reactive ketones (excluding diaryl/α,β-unsaturated/α-hetero) is 1. The van der Waals surface area contributed by atoms with E-state index in [0.29, 0.717) is 4.88 Å². The Kier molecular flexibility index (Phi) is 3.86. The average molecular weight is 235 g/mol. The molecule has 1 rings (SSSR count). The predicted molar refractivity (Wildman–Crippen MR) is 64.1 cm³/mol. The summed E-state index contributed by atoms with van der Waals surface area (Å²) < 4.78 is 0. The SMILES string of the molecule is Cc1ccc(C(O)=C(C#N)C(=O)C(C)C)s1. The van der Waals surface area contributed by atoms with Crippen molar-refractivity contribution in [1.82, 2.24) is 0 Å². The Labute approximate surface area is 98.7 Å². The molecule has 0 spiro atoms. The maximum atomic E-state index is 11.7. The standard InChI is InChI=1S/C12H13NO2S/c1-7(2)11(14)9(6-13)12(15)10-5-4-8(3)16-10/h4-5,7,15H,1-3H3. The van der Waals surface area contributed by atoms with E-state index in [4.69, 9.17) is 5.26 Å². The number of carbonyl (C=O) groups excluding carboxylic acids is 1. The van der Waals surface area contributed by atoms with Gasteiger partial charge in [-0.25, -0.2) is 0 Å². The normalized spacial score (nSPS) is 12.2. The van der Waals surface area contributed by atoms with Crippen molar-refractivity contribution in [3.8, 4) is 6.07 Å². The molecule has 0 bridgehead atoms. The molecular formula is C12H13NO2S. The molecule has 84 valence electrons. The summed E-state index contributed by atoms with van der Waals surface area (Å²) in [6.45, 7) is 5.30. The second-order valence-electron chi connectivity index (χ2n) is 3.76. The fraction of sp³-hybridized carbons (Fsp3) is 0.333. The number of nitriles is 1. The summed E-state index contributed by atoms with van der Waals surface area (Å²) in [7, 11) is 0. The number of aryl methyl sites for hydroxylation is 1. The van der Waals surface area contributed by atoms with E-state index in [2.05, 4.69) is 0 Å². The van der Waals surface area contributed by atoms with Crippen molar-refractivity contribution in [2.24, 2.45) is 5.92 Å². The first-order chi connectivity index (χ1) is 7.47. The van der Waals surface area contributed by atoms with E-state index >= 15 is 0 Å². The number of aliphatic hydroxyl groups excluding tert-OH is 1. The highest BCUT2D eigenvalue weighted by molar-refractivity contribution is 7.13. The summed E-state index contributed by atoms with van der Waals surface area (Å²) in [5.41, 5.74) is -0.156. The molecule has 0 radical (unpaired) electrons. The van der Waals surface area contributed by atoms with E-state index in [9.17, 15) is 9.90 Å². The zero-order valence-corrected chi connectivity index (χ0v) is 10.3. The lowest BCUT2D eigenvalue weighted by Gasteiger charge is -2.04. The minimum absolute atomic E-state index is 0.156. The van der Waals surface area contributed by atoms with E-state index in [1.807, 2.05) is 13.0 Å². The van der Waals surface area contributed by atoms with Crippen molar-refractivity contribution in [3.63, 3.8) is 0 Å². The number of rotatable bonds is 3. The van der Waals surface area contributed by atoms with Crippen LogP contribution < -0.4 is 0 Å². The van der Waals surface area contributed by atoms with Gasteiger partial charge in [0.25, 0.3) is 0 Å². The minimum atomic E-state index is -0.328. The monoisotopic (exact) mass is 235 g/mol. The molecule has 0 saturated carbocycles. The Morgan fingerprint density at radius 2 is 2.12 bits per heavy atom. The lowest BCUT2D eigenvalue weighted by molar-refractivity contribution is -0.117. The second-order valence-corrected chi connectivity index (χ2v) is 5.05. The molecule has 4 heteroatoms. The number of carbonyl (C=O) groups is 1. The van der Waals surface area contributed by atoms with Crippen LogP contribution in [0.25, 0.3) is 5.76 Å². The van der Waals surface area contributed by atoms with Crippen LogP contribution in [0, 0.1) is 24.2 Å². The molecule has 0 aliphatic carbocycles. The van der Waals surface area contributed by atoms with Gasteiger partial charge in [-0.15, -0.1) is 11.3 Å². The smallest absolute Gasteiger partial charge is 0.179 e. The van der Waals surface area contributed by atoms with E-state index in [1.165, 1.54) is 11.3 Å². The Morgan fingerprint density at radius 1 is 1.50 bits per heavy atom. The first-order valence-corrected chi connectivity index (χ1v) is 5.73. The van der Waals surface area contributed by atoms with Crippen molar-refractivity contribution < 1.29 is 9.90 Å². The molecule has 1 heterocycles. The lowest BCUT2D eigenvalue weighted by atomic mass is 10.0. The third kappa shape index (κ3) is 2.50. The number of aliphatic hydroxyl groups is 1. The van der Waals surface area contributed by atoms with Crippen molar-refractivity contribution in [1.29, 1.82) is 5.26 Å². The van der Waals surface area contributed by atoms with Crippen molar-refractivity contribution in [2.75, 3.05) is 0 Å². The second kappa shape index (κ2) is 4.95. The third-order valence-corrected chi connectivity index (χ3v) is 3.10. The minimum Gasteiger partial charge on any atom is -0.505 e. The van der Waals surface area contributed by atoms with Crippen LogP contribution in [0.4, 0.5) is 0 Å². The van der Waals surface area contributed by atoms with E-state index in [0.717, 1.165) is 4.88 Å². The van der Waals surface area contributed by atoms with E-state index < -0.39 is 0 Å². The maximum absolute atomic E-state index is 11.7. The van der Waals surface area contributed by atoms with Crippen LogP contribution in [0.15, 0.2) is 17.7 Å². The lowest BCUT2D eigenvalue weighted by Crippen LogP contribution is -2.10. The summed E-state index contributed by atoms with van der Waals surface area (Å²) in [6.07, 6.45) is 0. The van der Waals surface area contributed by atoms with Crippen LogP contribution >= 0.6 is 11.3 Å². The quantitative estimate of drug-likeness (QED) is 0.497. The first-order valence-electron chi connectivity index (χ1n) is 4.91. The molecule has 0 unspecified atom stereocenters. The molecule has 0 aliphatic rings. The molecule has 0 fully saturated rings. The molecular weight excluding hydrogens is 222 g/mol. The van der Waals surface area contributed by atoms with Gasteiger partial charge in [-0.3, -0.25) is 4.79 Å². The zero-order valence-electron chi connectivity index (χ0n) is 9.44. The predicted octanol–water partition coefficient (Wildman–Crippen LogP) is 3.07. The summed E-state index contributed by atoms with van der Waals surface area (Å²) >= 11 is 1.36. The molecule has 0 atom stereocenters. The third-order valence-electron chi connectivity index (χ3n) is 2.09. The van der Waals surface area contributed by atoms with Crippen LogP contribution in [-0.2, 0) is 4.79 Å². The van der Waals surface area contributed by atoms with Gasteiger partial charge in [-0.2, -0.15) is 5.26 Å². The van der Waals surface area contributed by atoms with Crippen LogP contribution in [0.5, 0.6) is 0 Å². The summed E-state index contributed by atoms with van der Waals surface area (Å²) in [5, 5.41) is 18.8. The fourth-order valence-corrected chi connectivity index (χ4v) is 2.02. The molecule has 1 aromatic rings. The van der Waals surface area contributed by atoms with Crippen LogP contribution in [0.3, 0.4) is 0 Å². The van der Waals surface area contributed by atoms with Crippen LogP contribution in [0.1, 0.15) is 23.6 Å². The summed E-state index contributed by atoms with van der Waals surface area (Å²) in [4.78, 5) is 13.2. The largest absolute Gasteiger partial charge is 0.505 e. The van der Waals surface area contributed by atoms with Gasteiger partial charge in [-0.05, 0) is 19.1 Å². The molecule has 0 saturated heterocycles. The highest BCUT2D eigenvalue weighted by Crippen LogP contribution is 2.25. The Hall–Kier alpha value is -1.60. The maximum Gasteiger partial charge on any atom is 0.179 e. The van der Waals surface area contributed by atoms with Gasteiger partial charge in [0.15, 0.2) is 11.5 Å². The topological polar surface area (TPSA) is 61.1 Å². The Bertz CT molecular complexity index is 477. The highest BCUT2D eigenvalue weighted by Gasteiger charge is 2.19. The molecule has 3 nitrogen and oxygen atoms in total. The average Bonchev–Trinajstić information content (AvgIpc) is 2.65. The Morgan fingerprint density at radius 3 is 2.50 bits per heavy atom. The zero-order chi connectivity index (χ0) is 12.3. The number of allylic oxidation sites excluding steroid dienone is 1. The van der Waals surface area contributed by atoms with Crippen molar-refractivity contribution >= 4 is 22.9 Å². The number of nitrogens with zero attached hydrogens (tertiary/aromatic N) is 1. The van der Waals surface area contributed by atoms with Gasteiger partial charge in [0, 0.05) is 10.8 Å². The highest BCUT2D eigenvalue weighted by atomic mass is 32.1. The molecule has 0 amide bonds. The van der Waals surface area contributed by atoms with Gasteiger partial charge in [0.05, 0.1) is 4.88 Å². The van der Waals surface area contributed by atoms with Crippen molar-refractivity contribution in [2.45, 2.75) is 20.8 Å². The van der Waals surface area contributed by atoms with Gasteiger partial charge in [-0.1, -0.05) is 13.8 Å². The Balaban J connectivity index is 3.20. The number of ketones is 1. The van der Waals surface area contributed by atoms with Gasteiger partial charge in [0.2, 0.25) is 0 Å². The van der Waals surface area contributed by atoms with Crippen LogP contribution in [-0.4, -0.2) is 10.9 Å². The van der Waals surface area contributed by atoms with Gasteiger partial charge in [0.1, 0.15) is 11.6 Å². The first kappa shape index (κ1) is 12.5. The van der Waals surface area contributed by atoms with E-state index in [1.54, 1.807) is 26.0 Å². The van der Waals surface area contributed by atoms with Crippen molar-refractivity contribution in [3.05, 3.63) is 27.5 Å². The number of hydrogen-bond donors (Lipinski definition) is 1. The van der Waals surface area contributed by atoms with Crippen LogP contribution in [0.2, 0.25) is 0 Å². The van der Waals surface area contributed by atoms with Gasteiger partial charge >= 0.3 is 0 Å². The molecule has 0 aliphatic heterocycles. The summed E-state index contributed by atoms with van der Waals surface area (Å²) in [5.74, 6) is -0.830. The fourth-order valence-electron chi connectivity index (χ4n) is 1.20. The van der Waals surface area contributed by atoms with Gasteiger partial charge < -0.3 is 5.11 Å². The molecule has 1 aromatic heterocycles. The molecule has 1 N–H and O–H groups in total.